The number of amidine groups is 1. The minimum atomic E-state index is -0.214. The smallest absolute Gasteiger partial charge is 0.264 e. The predicted molar refractivity (Wildman–Crippen MR) is 131 cm³/mol. The highest BCUT2D eigenvalue weighted by atomic mass is 35.5. The van der Waals surface area contributed by atoms with Crippen molar-refractivity contribution in [2.45, 2.75) is 40.2 Å². The van der Waals surface area contributed by atoms with Crippen LogP contribution in [-0.4, -0.2) is 30.4 Å². The second-order valence-corrected chi connectivity index (χ2v) is 8.45. The van der Waals surface area contributed by atoms with Crippen molar-refractivity contribution in [2.75, 3.05) is 13.2 Å². The minimum Gasteiger partial charge on any atom is -0.494 e. The Morgan fingerprint density at radius 2 is 1.84 bits per heavy atom. The molecule has 2 aromatic rings. The average Bonchev–Trinajstić information content (AvgIpc) is 3.10. The number of benzene rings is 2. The van der Waals surface area contributed by atoms with Crippen molar-refractivity contribution in [3.05, 3.63) is 51.9 Å². The summed E-state index contributed by atoms with van der Waals surface area (Å²) in [6.45, 7) is 8.93. The summed E-state index contributed by atoms with van der Waals surface area (Å²) < 4.78 is 17.1. The number of aliphatic imine (C=N–C) groups is 1. The van der Waals surface area contributed by atoms with Gasteiger partial charge >= 0.3 is 0 Å². The van der Waals surface area contributed by atoms with Gasteiger partial charge in [0.2, 0.25) is 0 Å². The predicted octanol–water partition coefficient (Wildman–Crippen LogP) is 6.21. The molecule has 1 amide bonds. The molecule has 8 heteroatoms. The molecule has 0 radical (unpaired) electrons. The van der Waals surface area contributed by atoms with Gasteiger partial charge in [0.05, 0.1) is 34.9 Å². The molecule has 32 heavy (non-hydrogen) atoms. The lowest BCUT2D eigenvalue weighted by atomic mass is 10.1. The molecule has 1 fully saturated rings. The summed E-state index contributed by atoms with van der Waals surface area (Å²) in [5.41, 5.74) is 1.47. The third-order valence-corrected chi connectivity index (χ3v) is 5.74. The molecule has 2 aromatic carbocycles. The van der Waals surface area contributed by atoms with Crippen molar-refractivity contribution in [1.29, 1.82) is 0 Å². The van der Waals surface area contributed by atoms with Gasteiger partial charge < -0.3 is 19.5 Å². The lowest BCUT2D eigenvalue weighted by Gasteiger charge is -2.18. The van der Waals surface area contributed by atoms with E-state index in [2.05, 4.69) is 10.3 Å². The molecule has 0 bridgehead atoms. The Morgan fingerprint density at radius 1 is 1.12 bits per heavy atom. The Bertz CT molecular complexity index is 1020. The van der Waals surface area contributed by atoms with Gasteiger partial charge in [0.25, 0.3) is 5.91 Å². The molecule has 0 spiro atoms. The van der Waals surface area contributed by atoms with E-state index in [1.807, 2.05) is 58.0 Å². The van der Waals surface area contributed by atoms with E-state index in [0.717, 1.165) is 23.4 Å². The van der Waals surface area contributed by atoms with Crippen molar-refractivity contribution in [3.63, 3.8) is 0 Å². The Hall–Kier alpha value is -2.64. The number of carbonyl (C=O) groups is 1. The number of thioether (sulfide) groups is 1. The number of hydrogen-bond donors (Lipinski definition) is 1. The maximum absolute atomic E-state index is 12.5. The summed E-state index contributed by atoms with van der Waals surface area (Å²) in [6.07, 6.45) is 2.62. The van der Waals surface area contributed by atoms with E-state index in [4.69, 9.17) is 25.8 Å². The normalized spacial score (nSPS) is 16.8. The monoisotopic (exact) mass is 474 g/mol. The highest BCUT2D eigenvalue weighted by Gasteiger charge is 2.24. The van der Waals surface area contributed by atoms with Gasteiger partial charge in [0.1, 0.15) is 5.75 Å². The maximum atomic E-state index is 12.5. The fourth-order valence-electron chi connectivity index (χ4n) is 2.87. The molecule has 1 aliphatic rings. The van der Waals surface area contributed by atoms with Gasteiger partial charge in [-0.25, -0.2) is 4.99 Å². The van der Waals surface area contributed by atoms with Crippen molar-refractivity contribution in [3.8, 4) is 17.2 Å². The number of hydrogen-bond acceptors (Lipinski definition) is 6. The van der Waals surface area contributed by atoms with Crippen LogP contribution in [0.3, 0.4) is 0 Å². The van der Waals surface area contributed by atoms with Gasteiger partial charge in [-0.05, 0) is 87.0 Å². The molecule has 0 unspecified atom stereocenters. The van der Waals surface area contributed by atoms with Gasteiger partial charge in [0.15, 0.2) is 16.7 Å². The summed E-state index contributed by atoms with van der Waals surface area (Å²) in [6, 6.07) is 11.0. The number of nitrogens with zero attached hydrogens (tertiary/aromatic N) is 1. The molecule has 6 nitrogen and oxygen atoms in total. The third kappa shape index (κ3) is 6.20. The second kappa shape index (κ2) is 11.3. The quantitative estimate of drug-likeness (QED) is 0.438. The molecule has 1 heterocycles. The molecule has 3 rings (SSSR count). The standard InChI is InChI=1S/C24H27ClN2O4S/c1-5-15(4)31-22-19(25)12-16(13-20(22)30-7-3)14-21-23(28)27-24(32-21)26-17-8-10-18(11-9-17)29-6-2/h8-15H,5-7H2,1-4H3,(H,26,27,28)/b21-14+/t15-/m0/s1. The van der Waals surface area contributed by atoms with E-state index >= 15 is 0 Å². The van der Waals surface area contributed by atoms with E-state index < -0.39 is 0 Å². The van der Waals surface area contributed by atoms with Crippen LogP contribution in [0.15, 0.2) is 46.3 Å². The molecule has 0 saturated carbocycles. The number of carbonyl (C=O) groups excluding carboxylic acids is 1. The van der Waals surface area contributed by atoms with Crippen LogP contribution in [0.2, 0.25) is 5.02 Å². The summed E-state index contributed by atoms with van der Waals surface area (Å²) in [4.78, 5) is 17.5. The van der Waals surface area contributed by atoms with Crippen molar-refractivity contribution < 1.29 is 19.0 Å². The van der Waals surface area contributed by atoms with Crippen LogP contribution in [0.4, 0.5) is 5.69 Å². The Morgan fingerprint density at radius 3 is 2.50 bits per heavy atom. The van der Waals surface area contributed by atoms with Crippen LogP contribution in [0.1, 0.15) is 39.7 Å². The fourth-order valence-corrected chi connectivity index (χ4v) is 3.97. The first-order valence-corrected chi connectivity index (χ1v) is 11.8. The van der Waals surface area contributed by atoms with Gasteiger partial charge in [-0.3, -0.25) is 4.79 Å². The van der Waals surface area contributed by atoms with Crippen LogP contribution in [0.5, 0.6) is 17.2 Å². The molecular weight excluding hydrogens is 448 g/mol. The van der Waals surface area contributed by atoms with Crippen LogP contribution in [-0.2, 0) is 4.79 Å². The highest BCUT2D eigenvalue weighted by molar-refractivity contribution is 8.18. The summed E-state index contributed by atoms with van der Waals surface area (Å²) in [5, 5.41) is 3.75. The first-order chi connectivity index (χ1) is 15.4. The second-order valence-electron chi connectivity index (χ2n) is 7.01. The fraction of sp³-hybridized carbons (Fsp3) is 0.333. The summed E-state index contributed by atoms with van der Waals surface area (Å²) in [5.74, 6) is 1.64. The number of rotatable bonds is 9. The zero-order valence-corrected chi connectivity index (χ0v) is 20.2. The first kappa shape index (κ1) is 24.0. The number of halogens is 1. The zero-order chi connectivity index (χ0) is 23.1. The molecule has 0 aliphatic carbocycles. The van der Waals surface area contributed by atoms with Crippen molar-refractivity contribution in [1.82, 2.24) is 5.32 Å². The maximum Gasteiger partial charge on any atom is 0.264 e. The van der Waals surface area contributed by atoms with Crippen molar-refractivity contribution in [2.24, 2.45) is 4.99 Å². The van der Waals surface area contributed by atoms with Crippen LogP contribution < -0.4 is 19.5 Å². The van der Waals surface area contributed by atoms with E-state index in [1.54, 1.807) is 12.1 Å². The number of nitrogens with one attached hydrogen (secondary N) is 1. The van der Waals surface area contributed by atoms with Gasteiger partial charge in [-0.15, -0.1) is 0 Å². The number of amides is 1. The van der Waals surface area contributed by atoms with Crippen molar-refractivity contribution >= 4 is 46.2 Å². The molecule has 1 atom stereocenters. The van der Waals surface area contributed by atoms with Crippen LogP contribution in [0, 0.1) is 0 Å². The van der Waals surface area contributed by atoms with Gasteiger partial charge in [0, 0.05) is 0 Å². The third-order valence-electron chi connectivity index (χ3n) is 4.55. The average molecular weight is 475 g/mol. The molecule has 170 valence electrons. The number of ether oxygens (including phenoxy) is 3. The molecule has 0 aromatic heterocycles. The topological polar surface area (TPSA) is 69.2 Å². The van der Waals surface area contributed by atoms with Crippen LogP contribution >= 0.6 is 23.4 Å². The van der Waals surface area contributed by atoms with E-state index in [1.165, 1.54) is 11.8 Å². The van der Waals surface area contributed by atoms with E-state index in [-0.39, 0.29) is 12.0 Å². The largest absolute Gasteiger partial charge is 0.494 e. The van der Waals surface area contributed by atoms with E-state index in [0.29, 0.717) is 39.8 Å². The summed E-state index contributed by atoms with van der Waals surface area (Å²) >= 11 is 7.76. The van der Waals surface area contributed by atoms with E-state index in [9.17, 15) is 4.79 Å². The highest BCUT2D eigenvalue weighted by Crippen LogP contribution is 2.39. The minimum absolute atomic E-state index is 0.00782. The lowest BCUT2D eigenvalue weighted by molar-refractivity contribution is -0.115. The molecule has 1 aliphatic heterocycles. The van der Waals surface area contributed by atoms with Crippen LogP contribution in [0.25, 0.3) is 6.08 Å². The zero-order valence-electron chi connectivity index (χ0n) is 18.6. The molecule has 1 saturated heterocycles. The lowest BCUT2D eigenvalue weighted by Crippen LogP contribution is -2.19. The summed E-state index contributed by atoms with van der Waals surface area (Å²) in [7, 11) is 0. The Balaban J connectivity index is 1.82. The van der Waals surface area contributed by atoms with Gasteiger partial charge in [-0.1, -0.05) is 18.5 Å². The Kier molecular flexibility index (Phi) is 8.47. The SMILES string of the molecule is CCOc1ccc(N=C2NC(=O)/C(=C\c3cc(Cl)c(O[C@@H](C)CC)c(OCC)c3)S2)cc1. The molecular formula is C24H27ClN2O4S. The van der Waals surface area contributed by atoms with Gasteiger partial charge in [-0.2, -0.15) is 0 Å². The first-order valence-electron chi connectivity index (χ1n) is 10.6. The molecule has 1 N–H and O–H groups in total. The Labute approximate surface area is 198 Å².